The van der Waals surface area contributed by atoms with Gasteiger partial charge in [-0.05, 0) is 25.6 Å². The normalized spacial score (nSPS) is 26.5. The fraction of sp³-hybridized carbons (Fsp3) is 0.600. The quantitative estimate of drug-likeness (QED) is 0.896. The van der Waals surface area contributed by atoms with Crippen LogP contribution in [0.4, 0.5) is 0 Å². The minimum absolute atomic E-state index is 0.174. The van der Waals surface area contributed by atoms with Crippen molar-refractivity contribution >= 4 is 0 Å². The summed E-state index contributed by atoms with van der Waals surface area (Å²) < 4.78 is 7.64. The van der Waals surface area contributed by atoms with Gasteiger partial charge in [-0.2, -0.15) is 0 Å². The van der Waals surface area contributed by atoms with Gasteiger partial charge < -0.3 is 14.1 Å². The average Bonchev–Trinajstić information content (AvgIpc) is 3.19. The largest absolute Gasteiger partial charge is 0.468 e. The molecule has 7 heteroatoms. The van der Waals surface area contributed by atoms with E-state index in [1.165, 1.54) is 0 Å². The molecule has 2 aromatic rings. The molecular weight excluding hydrogens is 282 g/mol. The third-order valence-electron chi connectivity index (χ3n) is 4.64. The van der Waals surface area contributed by atoms with E-state index in [1.807, 2.05) is 19.2 Å². The van der Waals surface area contributed by atoms with Crippen molar-refractivity contribution in [3.8, 4) is 0 Å². The van der Waals surface area contributed by atoms with Crippen molar-refractivity contribution in [3.63, 3.8) is 0 Å². The van der Waals surface area contributed by atoms with Crippen LogP contribution < -0.4 is 0 Å². The number of β-amino-alcohol motifs (C(OH)–C–C–N with tert-alkyl or cyclic N) is 1. The van der Waals surface area contributed by atoms with Crippen LogP contribution in [-0.4, -0.2) is 55.9 Å². The van der Waals surface area contributed by atoms with Crippen LogP contribution >= 0.6 is 0 Å². The number of rotatable bonds is 3. The second-order valence-corrected chi connectivity index (χ2v) is 6.26. The molecule has 0 aliphatic carbocycles. The molecule has 0 amide bonds. The van der Waals surface area contributed by atoms with Gasteiger partial charge in [-0.1, -0.05) is 0 Å². The van der Waals surface area contributed by atoms with E-state index in [2.05, 4.69) is 24.6 Å². The second-order valence-electron chi connectivity index (χ2n) is 6.26. The van der Waals surface area contributed by atoms with Crippen molar-refractivity contribution in [1.82, 2.24) is 24.6 Å². The highest BCUT2D eigenvalue weighted by Crippen LogP contribution is 2.30. The predicted octanol–water partition coefficient (Wildman–Crippen LogP) is 0.624. The molecule has 2 aromatic heterocycles. The zero-order chi connectivity index (χ0) is 15.1. The van der Waals surface area contributed by atoms with Crippen LogP contribution in [0.25, 0.3) is 0 Å². The molecule has 118 valence electrons. The van der Waals surface area contributed by atoms with Crippen molar-refractivity contribution < 1.29 is 9.52 Å². The fourth-order valence-electron chi connectivity index (χ4n) is 3.51. The Kier molecular flexibility index (Phi) is 3.48. The first-order valence-electron chi connectivity index (χ1n) is 7.75. The summed E-state index contributed by atoms with van der Waals surface area (Å²) in [4.78, 5) is 4.48. The molecule has 0 spiro atoms. The van der Waals surface area contributed by atoms with Gasteiger partial charge in [-0.3, -0.25) is 9.80 Å². The maximum absolute atomic E-state index is 9.84. The van der Waals surface area contributed by atoms with Crippen LogP contribution in [0.3, 0.4) is 0 Å². The Balaban J connectivity index is 1.50. The summed E-state index contributed by atoms with van der Waals surface area (Å²) in [5.41, 5.74) is 0. The van der Waals surface area contributed by atoms with Gasteiger partial charge in [0.15, 0.2) is 5.82 Å². The first-order chi connectivity index (χ1) is 10.7. The van der Waals surface area contributed by atoms with Gasteiger partial charge in [-0.25, -0.2) is 0 Å². The topological polar surface area (TPSA) is 70.6 Å². The smallest absolute Gasteiger partial charge is 0.150 e. The molecule has 4 rings (SSSR count). The van der Waals surface area contributed by atoms with Gasteiger partial charge >= 0.3 is 0 Å². The molecule has 1 saturated heterocycles. The Morgan fingerprint density at radius 2 is 2.27 bits per heavy atom. The molecule has 2 aliphatic heterocycles. The standard InChI is InChI=1S/C15H21N5O2/c1-18-8-11(21)7-13(18)15-17-16-14-10-19(4-5-20(14)15)9-12-3-2-6-22-12/h2-3,6,11,13,21H,4-5,7-10H2,1H3. The summed E-state index contributed by atoms with van der Waals surface area (Å²) in [5.74, 6) is 2.97. The number of fused-ring (bicyclic) bond motifs is 1. The van der Waals surface area contributed by atoms with Gasteiger partial charge in [0.05, 0.1) is 31.5 Å². The highest BCUT2D eigenvalue weighted by molar-refractivity contribution is 5.07. The monoisotopic (exact) mass is 303 g/mol. The SMILES string of the molecule is CN1CC(O)CC1c1nnc2n1CCN(Cc1ccco1)C2. The van der Waals surface area contributed by atoms with Crippen molar-refractivity contribution in [1.29, 1.82) is 0 Å². The first kappa shape index (κ1) is 13.9. The van der Waals surface area contributed by atoms with Crippen LogP contribution in [0.1, 0.15) is 29.9 Å². The molecule has 0 bridgehead atoms. The summed E-state index contributed by atoms with van der Waals surface area (Å²) in [5, 5.41) is 18.6. The van der Waals surface area contributed by atoms with Crippen LogP contribution in [0.5, 0.6) is 0 Å². The fourth-order valence-corrected chi connectivity index (χ4v) is 3.51. The molecule has 0 aromatic carbocycles. The van der Waals surface area contributed by atoms with Gasteiger partial charge in [0.1, 0.15) is 11.6 Å². The Labute approximate surface area is 129 Å². The molecule has 7 nitrogen and oxygen atoms in total. The molecule has 2 atom stereocenters. The second kappa shape index (κ2) is 5.49. The minimum atomic E-state index is -0.262. The molecule has 2 unspecified atom stereocenters. The third-order valence-corrected chi connectivity index (χ3v) is 4.64. The maximum atomic E-state index is 9.84. The van der Waals surface area contributed by atoms with Crippen LogP contribution in [0.15, 0.2) is 22.8 Å². The molecule has 22 heavy (non-hydrogen) atoms. The molecule has 0 saturated carbocycles. The maximum Gasteiger partial charge on any atom is 0.150 e. The van der Waals surface area contributed by atoms with E-state index in [-0.39, 0.29) is 12.1 Å². The summed E-state index contributed by atoms with van der Waals surface area (Å²) in [7, 11) is 2.04. The predicted molar refractivity (Wildman–Crippen MR) is 78.8 cm³/mol. The van der Waals surface area contributed by atoms with E-state index in [9.17, 15) is 5.11 Å². The van der Waals surface area contributed by atoms with E-state index < -0.39 is 0 Å². The van der Waals surface area contributed by atoms with Crippen LogP contribution in [-0.2, 0) is 19.6 Å². The lowest BCUT2D eigenvalue weighted by molar-refractivity contribution is 0.182. The van der Waals surface area contributed by atoms with E-state index in [1.54, 1.807) is 6.26 Å². The number of aliphatic hydroxyl groups excluding tert-OH is 1. The third kappa shape index (κ3) is 2.45. The van der Waals surface area contributed by atoms with Crippen LogP contribution in [0.2, 0.25) is 0 Å². The van der Waals surface area contributed by atoms with Gasteiger partial charge in [0, 0.05) is 19.6 Å². The van der Waals surface area contributed by atoms with E-state index in [0.29, 0.717) is 6.54 Å². The number of likely N-dealkylation sites (N-methyl/N-ethyl adjacent to an activating group) is 1. The van der Waals surface area contributed by atoms with E-state index in [4.69, 9.17) is 4.42 Å². The van der Waals surface area contributed by atoms with E-state index >= 15 is 0 Å². The number of likely N-dealkylation sites (tertiary alicyclic amines) is 1. The Hall–Kier alpha value is -1.70. The molecular formula is C15H21N5O2. The minimum Gasteiger partial charge on any atom is -0.468 e. The first-order valence-corrected chi connectivity index (χ1v) is 7.75. The van der Waals surface area contributed by atoms with Gasteiger partial charge in [-0.15, -0.1) is 10.2 Å². The van der Waals surface area contributed by atoms with Crippen LogP contribution in [0, 0.1) is 0 Å². The Morgan fingerprint density at radius 3 is 3.00 bits per heavy atom. The number of aliphatic hydroxyl groups is 1. The number of aromatic nitrogens is 3. The summed E-state index contributed by atoms with van der Waals surface area (Å²) in [6.07, 6.45) is 2.19. The van der Waals surface area contributed by atoms with Crippen molar-refractivity contribution in [2.45, 2.75) is 38.2 Å². The lowest BCUT2D eigenvalue weighted by Gasteiger charge is -2.28. The molecule has 1 N–H and O–H groups in total. The summed E-state index contributed by atoms with van der Waals surface area (Å²) in [6.45, 7) is 4.14. The number of nitrogens with zero attached hydrogens (tertiary/aromatic N) is 5. The Bertz CT molecular complexity index is 638. The highest BCUT2D eigenvalue weighted by atomic mass is 16.3. The van der Waals surface area contributed by atoms with Gasteiger partial charge in [0.25, 0.3) is 0 Å². The van der Waals surface area contributed by atoms with Crippen molar-refractivity contribution in [2.75, 3.05) is 20.1 Å². The number of hydrogen-bond donors (Lipinski definition) is 1. The van der Waals surface area contributed by atoms with Crippen molar-refractivity contribution in [2.24, 2.45) is 0 Å². The zero-order valence-electron chi connectivity index (χ0n) is 12.7. The molecule has 4 heterocycles. The average molecular weight is 303 g/mol. The van der Waals surface area contributed by atoms with Crippen molar-refractivity contribution in [3.05, 3.63) is 35.8 Å². The Morgan fingerprint density at radius 1 is 1.36 bits per heavy atom. The molecule has 1 fully saturated rings. The summed E-state index contributed by atoms with van der Waals surface area (Å²) in [6, 6.07) is 4.09. The molecule has 0 radical (unpaired) electrons. The zero-order valence-corrected chi connectivity index (χ0v) is 12.7. The van der Waals surface area contributed by atoms with E-state index in [0.717, 1.165) is 50.0 Å². The van der Waals surface area contributed by atoms with Gasteiger partial charge in [0.2, 0.25) is 0 Å². The molecule has 2 aliphatic rings. The summed E-state index contributed by atoms with van der Waals surface area (Å²) >= 11 is 0. The highest BCUT2D eigenvalue weighted by Gasteiger charge is 2.34. The number of furan rings is 1. The lowest BCUT2D eigenvalue weighted by Crippen LogP contribution is -2.34. The number of hydrogen-bond acceptors (Lipinski definition) is 6. The lowest BCUT2D eigenvalue weighted by atomic mass is 10.2.